The van der Waals surface area contributed by atoms with Crippen molar-refractivity contribution in [2.24, 2.45) is 0 Å². The molecule has 1 heterocycles. The Labute approximate surface area is 149 Å². The van der Waals surface area contributed by atoms with Crippen LogP contribution in [0, 0.1) is 0 Å². The summed E-state index contributed by atoms with van der Waals surface area (Å²) in [4.78, 5) is 26.7. The summed E-state index contributed by atoms with van der Waals surface area (Å²) in [7, 11) is 0. The van der Waals surface area contributed by atoms with Crippen molar-refractivity contribution in [2.75, 3.05) is 0 Å². The second kappa shape index (κ2) is 7.57. The van der Waals surface area contributed by atoms with Gasteiger partial charge in [0.1, 0.15) is 11.8 Å². The number of aromatic nitrogens is 1. The number of aliphatic carboxylic acids is 1. The molecule has 1 aromatic heterocycles. The number of carboxylic acid groups (broad SMARTS) is 1. The van der Waals surface area contributed by atoms with Crippen molar-refractivity contribution in [3.63, 3.8) is 0 Å². The molecular formula is C20H18N2O4. The fourth-order valence-electron chi connectivity index (χ4n) is 2.73. The zero-order chi connectivity index (χ0) is 18.5. The molecule has 0 saturated heterocycles. The average molecular weight is 350 g/mol. The van der Waals surface area contributed by atoms with Gasteiger partial charge in [-0.2, -0.15) is 0 Å². The molecule has 0 bridgehead atoms. The monoisotopic (exact) mass is 350 g/mol. The molecule has 0 spiro atoms. The van der Waals surface area contributed by atoms with E-state index in [1.54, 1.807) is 24.4 Å². The van der Waals surface area contributed by atoms with Crippen molar-refractivity contribution < 1.29 is 19.8 Å². The number of hydrogen-bond acceptors (Lipinski definition) is 3. The maximum absolute atomic E-state index is 12.1. The van der Waals surface area contributed by atoms with Gasteiger partial charge in [-0.3, -0.25) is 4.79 Å². The molecule has 1 atom stereocenters. The molecule has 6 heteroatoms. The van der Waals surface area contributed by atoms with Gasteiger partial charge in [0.15, 0.2) is 0 Å². The first-order valence-electron chi connectivity index (χ1n) is 8.09. The molecule has 132 valence electrons. The Bertz CT molecular complexity index is 975. The van der Waals surface area contributed by atoms with Gasteiger partial charge in [0, 0.05) is 35.2 Å². The standard InChI is InChI=1S/C20H18N2O4/c23-18-8-4-1-5-13(18)9-10-19(24)22-17(20(25)26)11-14-12-21-16-7-3-2-6-15(14)16/h1-10,12,17,21,23H,11H2,(H,22,24)(H,25,26)/t17-/m0/s1. The summed E-state index contributed by atoms with van der Waals surface area (Å²) in [6.45, 7) is 0. The normalized spacial score (nSPS) is 12.3. The number of H-pyrrole nitrogens is 1. The maximum atomic E-state index is 12.1. The third kappa shape index (κ3) is 3.92. The van der Waals surface area contributed by atoms with Gasteiger partial charge in [0.05, 0.1) is 0 Å². The van der Waals surface area contributed by atoms with Crippen LogP contribution in [-0.2, 0) is 16.0 Å². The number of aromatic amines is 1. The number of carboxylic acids is 1. The number of carbonyl (C=O) groups excluding carboxylic acids is 1. The summed E-state index contributed by atoms with van der Waals surface area (Å²) < 4.78 is 0. The first kappa shape index (κ1) is 17.3. The highest BCUT2D eigenvalue weighted by Gasteiger charge is 2.21. The van der Waals surface area contributed by atoms with Crippen LogP contribution in [0.5, 0.6) is 5.75 Å². The predicted molar refractivity (Wildman–Crippen MR) is 98.7 cm³/mol. The molecule has 6 nitrogen and oxygen atoms in total. The number of fused-ring (bicyclic) bond motifs is 1. The lowest BCUT2D eigenvalue weighted by atomic mass is 10.0. The van der Waals surface area contributed by atoms with Crippen molar-refractivity contribution in [2.45, 2.75) is 12.5 Å². The zero-order valence-electron chi connectivity index (χ0n) is 13.8. The highest BCUT2D eigenvalue weighted by atomic mass is 16.4. The van der Waals surface area contributed by atoms with Crippen LogP contribution in [0.3, 0.4) is 0 Å². The van der Waals surface area contributed by atoms with Gasteiger partial charge in [-0.05, 0) is 23.8 Å². The molecule has 0 aliphatic rings. The van der Waals surface area contributed by atoms with E-state index in [0.29, 0.717) is 5.56 Å². The lowest BCUT2D eigenvalue weighted by Crippen LogP contribution is -2.41. The molecule has 3 rings (SSSR count). The van der Waals surface area contributed by atoms with Crippen molar-refractivity contribution in [3.05, 3.63) is 71.9 Å². The first-order chi connectivity index (χ1) is 12.5. The predicted octanol–water partition coefficient (Wildman–Crippen LogP) is 2.70. The lowest BCUT2D eigenvalue weighted by Gasteiger charge is -2.13. The number of phenols is 1. The van der Waals surface area contributed by atoms with Crippen LogP contribution in [0.25, 0.3) is 17.0 Å². The summed E-state index contributed by atoms with van der Waals surface area (Å²) in [6, 6.07) is 13.1. The first-order valence-corrected chi connectivity index (χ1v) is 8.09. The summed E-state index contributed by atoms with van der Waals surface area (Å²) >= 11 is 0. The van der Waals surface area contributed by atoms with E-state index in [1.165, 1.54) is 18.2 Å². The number of para-hydroxylation sites is 2. The Kier molecular flexibility index (Phi) is 5.03. The van der Waals surface area contributed by atoms with Gasteiger partial charge in [0.25, 0.3) is 0 Å². The molecule has 26 heavy (non-hydrogen) atoms. The smallest absolute Gasteiger partial charge is 0.326 e. The van der Waals surface area contributed by atoms with E-state index in [4.69, 9.17) is 0 Å². The second-order valence-corrected chi connectivity index (χ2v) is 5.86. The van der Waals surface area contributed by atoms with Gasteiger partial charge in [0.2, 0.25) is 5.91 Å². The van der Waals surface area contributed by atoms with E-state index in [0.717, 1.165) is 16.5 Å². The number of benzene rings is 2. The second-order valence-electron chi connectivity index (χ2n) is 5.86. The summed E-state index contributed by atoms with van der Waals surface area (Å²) in [6.07, 6.45) is 4.57. The van der Waals surface area contributed by atoms with E-state index < -0.39 is 17.9 Å². The molecule has 3 aromatic rings. The number of carbonyl (C=O) groups is 2. The van der Waals surface area contributed by atoms with Crippen LogP contribution < -0.4 is 5.32 Å². The zero-order valence-corrected chi connectivity index (χ0v) is 13.8. The molecule has 0 fully saturated rings. The maximum Gasteiger partial charge on any atom is 0.326 e. The van der Waals surface area contributed by atoms with Crippen LogP contribution in [0.2, 0.25) is 0 Å². The number of amides is 1. The Morgan fingerprint density at radius 1 is 1.12 bits per heavy atom. The molecule has 2 aromatic carbocycles. The molecule has 0 aliphatic heterocycles. The summed E-state index contributed by atoms with van der Waals surface area (Å²) in [5.41, 5.74) is 2.21. The van der Waals surface area contributed by atoms with Crippen LogP contribution in [0.15, 0.2) is 60.8 Å². The van der Waals surface area contributed by atoms with Crippen molar-refractivity contribution in [1.29, 1.82) is 0 Å². The van der Waals surface area contributed by atoms with Gasteiger partial charge < -0.3 is 20.5 Å². The molecular weight excluding hydrogens is 332 g/mol. The van der Waals surface area contributed by atoms with E-state index in [1.807, 2.05) is 24.3 Å². The number of hydrogen-bond donors (Lipinski definition) is 4. The van der Waals surface area contributed by atoms with Gasteiger partial charge in [-0.15, -0.1) is 0 Å². The molecule has 0 aliphatic carbocycles. The summed E-state index contributed by atoms with van der Waals surface area (Å²) in [5, 5.41) is 22.5. The van der Waals surface area contributed by atoms with Crippen LogP contribution in [-0.4, -0.2) is 33.1 Å². The Morgan fingerprint density at radius 2 is 1.85 bits per heavy atom. The van der Waals surface area contributed by atoms with Gasteiger partial charge in [-0.25, -0.2) is 4.79 Å². The fraction of sp³-hybridized carbons (Fsp3) is 0.100. The van der Waals surface area contributed by atoms with Crippen molar-refractivity contribution in [3.8, 4) is 5.75 Å². The molecule has 0 radical (unpaired) electrons. The lowest BCUT2D eigenvalue weighted by molar-refractivity contribution is -0.141. The Hall–Kier alpha value is -3.54. The number of phenolic OH excluding ortho intramolecular Hbond substituents is 1. The minimum absolute atomic E-state index is 0.0464. The quantitative estimate of drug-likeness (QED) is 0.513. The highest BCUT2D eigenvalue weighted by Crippen LogP contribution is 2.19. The fourth-order valence-corrected chi connectivity index (χ4v) is 2.73. The highest BCUT2D eigenvalue weighted by molar-refractivity contribution is 5.95. The minimum atomic E-state index is -1.11. The number of aromatic hydroxyl groups is 1. The Balaban J connectivity index is 1.71. The van der Waals surface area contributed by atoms with Crippen molar-refractivity contribution >= 4 is 28.9 Å². The van der Waals surface area contributed by atoms with E-state index >= 15 is 0 Å². The largest absolute Gasteiger partial charge is 0.507 e. The minimum Gasteiger partial charge on any atom is -0.507 e. The van der Waals surface area contributed by atoms with E-state index in [9.17, 15) is 19.8 Å². The average Bonchev–Trinajstić information content (AvgIpc) is 3.03. The van der Waals surface area contributed by atoms with Gasteiger partial charge >= 0.3 is 5.97 Å². The SMILES string of the molecule is O=C(C=Cc1ccccc1O)N[C@@H](Cc1c[nH]c2ccccc12)C(=O)O. The van der Waals surface area contributed by atoms with E-state index in [2.05, 4.69) is 10.3 Å². The topological polar surface area (TPSA) is 102 Å². The third-order valence-electron chi connectivity index (χ3n) is 4.06. The molecule has 4 N–H and O–H groups in total. The Morgan fingerprint density at radius 3 is 2.62 bits per heavy atom. The van der Waals surface area contributed by atoms with Crippen molar-refractivity contribution in [1.82, 2.24) is 10.3 Å². The molecule has 1 amide bonds. The van der Waals surface area contributed by atoms with Gasteiger partial charge in [-0.1, -0.05) is 36.4 Å². The number of rotatable bonds is 6. The summed E-state index contributed by atoms with van der Waals surface area (Å²) in [5.74, 6) is -1.61. The molecule has 0 saturated carbocycles. The third-order valence-corrected chi connectivity index (χ3v) is 4.06. The van der Waals surface area contributed by atoms with Crippen LogP contribution in [0.4, 0.5) is 0 Å². The van der Waals surface area contributed by atoms with Crippen LogP contribution >= 0.6 is 0 Å². The molecule has 0 unspecified atom stereocenters. The number of nitrogens with one attached hydrogen (secondary N) is 2. The van der Waals surface area contributed by atoms with E-state index in [-0.39, 0.29) is 12.2 Å². The van der Waals surface area contributed by atoms with Crippen LogP contribution in [0.1, 0.15) is 11.1 Å².